The second-order valence-corrected chi connectivity index (χ2v) is 6.99. The standard InChI is InChI=1S/C21H19N3O2/c25-20(16-5-6-18-19(13-16)23-10-9-22-18)24-11-12-26-21(14-24)8-7-15-3-1-2-4-17(15)21/h1-6,9-10,13H,7-8,11-12,14H2/t21-/m1/s1. The molecule has 2 aromatic carbocycles. The van der Waals surface area contributed by atoms with Crippen LogP contribution in [-0.4, -0.2) is 40.5 Å². The van der Waals surface area contributed by atoms with E-state index >= 15 is 0 Å². The molecule has 1 aromatic heterocycles. The van der Waals surface area contributed by atoms with Crippen molar-refractivity contribution in [2.24, 2.45) is 0 Å². The molecule has 0 saturated carbocycles. The molecule has 130 valence electrons. The average molecular weight is 345 g/mol. The maximum absolute atomic E-state index is 13.1. The molecular weight excluding hydrogens is 326 g/mol. The second-order valence-electron chi connectivity index (χ2n) is 6.99. The minimum atomic E-state index is -0.360. The van der Waals surface area contributed by atoms with Gasteiger partial charge in [0.2, 0.25) is 0 Å². The minimum Gasteiger partial charge on any atom is -0.367 e. The summed E-state index contributed by atoms with van der Waals surface area (Å²) in [5.74, 6) is 0.0320. The van der Waals surface area contributed by atoms with Crippen molar-refractivity contribution in [3.63, 3.8) is 0 Å². The zero-order chi connectivity index (χ0) is 17.6. The van der Waals surface area contributed by atoms with E-state index in [1.54, 1.807) is 12.4 Å². The maximum atomic E-state index is 13.1. The van der Waals surface area contributed by atoms with Gasteiger partial charge >= 0.3 is 0 Å². The first-order chi connectivity index (χ1) is 12.8. The summed E-state index contributed by atoms with van der Waals surface area (Å²) in [5.41, 5.74) is 4.41. The maximum Gasteiger partial charge on any atom is 0.254 e. The predicted octanol–water partition coefficient (Wildman–Crippen LogP) is 2.94. The summed E-state index contributed by atoms with van der Waals surface area (Å²) < 4.78 is 6.22. The number of aromatic nitrogens is 2. The van der Waals surface area contributed by atoms with Crippen LogP contribution in [-0.2, 0) is 16.8 Å². The number of fused-ring (bicyclic) bond motifs is 3. The minimum absolute atomic E-state index is 0.0320. The van der Waals surface area contributed by atoms with Crippen molar-refractivity contribution in [3.05, 3.63) is 71.5 Å². The van der Waals surface area contributed by atoms with Crippen LogP contribution in [0.1, 0.15) is 27.9 Å². The van der Waals surface area contributed by atoms with Gasteiger partial charge < -0.3 is 9.64 Å². The highest BCUT2D eigenvalue weighted by atomic mass is 16.5. The van der Waals surface area contributed by atoms with Gasteiger partial charge in [-0.2, -0.15) is 0 Å². The third-order valence-electron chi connectivity index (χ3n) is 5.50. The Morgan fingerprint density at radius 2 is 1.92 bits per heavy atom. The van der Waals surface area contributed by atoms with E-state index in [2.05, 4.69) is 34.2 Å². The molecule has 0 N–H and O–H groups in total. The molecule has 5 rings (SSSR count). The number of carbonyl (C=O) groups excluding carboxylic acids is 1. The van der Waals surface area contributed by atoms with Gasteiger partial charge in [-0.05, 0) is 42.2 Å². The molecule has 5 heteroatoms. The Morgan fingerprint density at radius 3 is 2.85 bits per heavy atom. The average Bonchev–Trinajstić information content (AvgIpc) is 3.05. The van der Waals surface area contributed by atoms with E-state index in [9.17, 15) is 4.79 Å². The lowest BCUT2D eigenvalue weighted by molar-refractivity contribution is -0.103. The van der Waals surface area contributed by atoms with Crippen LogP contribution in [0.25, 0.3) is 11.0 Å². The van der Waals surface area contributed by atoms with Crippen LogP contribution in [0.2, 0.25) is 0 Å². The molecule has 5 nitrogen and oxygen atoms in total. The van der Waals surface area contributed by atoms with Crippen LogP contribution in [0.5, 0.6) is 0 Å². The highest BCUT2D eigenvalue weighted by Crippen LogP contribution is 2.42. The molecule has 0 unspecified atom stereocenters. The monoisotopic (exact) mass is 345 g/mol. The molecule has 3 aromatic rings. The lowest BCUT2D eigenvalue weighted by Crippen LogP contribution is -2.51. The number of aryl methyl sites for hydroxylation is 1. The van der Waals surface area contributed by atoms with Gasteiger partial charge in [0.05, 0.1) is 24.2 Å². The largest absolute Gasteiger partial charge is 0.367 e. The Hall–Kier alpha value is -2.79. The van der Waals surface area contributed by atoms with Gasteiger partial charge in [0.15, 0.2) is 0 Å². The van der Waals surface area contributed by atoms with Crippen LogP contribution in [0, 0.1) is 0 Å². The van der Waals surface area contributed by atoms with Crippen molar-refractivity contribution in [3.8, 4) is 0 Å². The quantitative estimate of drug-likeness (QED) is 0.680. The van der Waals surface area contributed by atoms with Gasteiger partial charge in [-0.1, -0.05) is 24.3 Å². The first-order valence-electron chi connectivity index (χ1n) is 8.98. The van der Waals surface area contributed by atoms with Crippen LogP contribution in [0.15, 0.2) is 54.9 Å². The van der Waals surface area contributed by atoms with Gasteiger partial charge in [-0.25, -0.2) is 0 Å². The number of carbonyl (C=O) groups is 1. The van der Waals surface area contributed by atoms with Crippen molar-refractivity contribution in [2.75, 3.05) is 19.7 Å². The molecular formula is C21H19N3O2. The van der Waals surface area contributed by atoms with Gasteiger partial charge in [-0.3, -0.25) is 14.8 Å². The van der Waals surface area contributed by atoms with E-state index in [0.717, 1.165) is 23.9 Å². The van der Waals surface area contributed by atoms with Crippen molar-refractivity contribution >= 4 is 16.9 Å². The zero-order valence-corrected chi connectivity index (χ0v) is 14.4. The molecule has 0 bridgehead atoms. The fourth-order valence-corrected chi connectivity index (χ4v) is 4.20. The molecule has 26 heavy (non-hydrogen) atoms. The lowest BCUT2D eigenvalue weighted by atomic mass is 9.93. The number of ether oxygens (including phenoxy) is 1. The normalized spacial score (nSPS) is 21.9. The Morgan fingerprint density at radius 1 is 1.08 bits per heavy atom. The molecule has 2 aliphatic rings. The van der Waals surface area contributed by atoms with Gasteiger partial charge in [0, 0.05) is 24.5 Å². The summed E-state index contributed by atoms with van der Waals surface area (Å²) in [6, 6.07) is 14.0. The van der Waals surface area contributed by atoms with Crippen molar-refractivity contribution < 1.29 is 9.53 Å². The van der Waals surface area contributed by atoms with E-state index in [0.29, 0.717) is 25.3 Å². The van der Waals surface area contributed by atoms with Crippen molar-refractivity contribution in [1.29, 1.82) is 0 Å². The second kappa shape index (κ2) is 5.88. The summed E-state index contributed by atoms with van der Waals surface area (Å²) >= 11 is 0. The third kappa shape index (κ3) is 2.39. The van der Waals surface area contributed by atoms with Crippen LogP contribution < -0.4 is 0 Å². The molecule has 1 aliphatic heterocycles. The lowest BCUT2D eigenvalue weighted by Gasteiger charge is -2.41. The van der Waals surface area contributed by atoms with Crippen molar-refractivity contribution in [2.45, 2.75) is 18.4 Å². The Labute approximate surface area is 151 Å². The summed E-state index contributed by atoms with van der Waals surface area (Å²) in [5, 5.41) is 0. The molecule has 1 saturated heterocycles. The fourth-order valence-electron chi connectivity index (χ4n) is 4.20. The van der Waals surface area contributed by atoms with Gasteiger partial charge in [-0.15, -0.1) is 0 Å². The molecule has 1 atom stereocenters. The molecule has 1 spiro atoms. The van der Waals surface area contributed by atoms with Gasteiger partial charge in [0.25, 0.3) is 5.91 Å². The molecule has 1 aliphatic carbocycles. The first kappa shape index (κ1) is 15.5. The highest BCUT2D eigenvalue weighted by molar-refractivity contribution is 5.97. The Bertz CT molecular complexity index is 999. The van der Waals surface area contributed by atoms with E-state index in [1.165, 1.54) is 11.1 Å². The number of nitrogens with zero attached hydrogens (tertiary/aromatic N) is 3. The molecule has 1 amide bonds. The van der Waals surface area contributed by atoms with E-state index in [1.807, 2.05) is 23.1 Å². The van der Waals surface area contributed by atoms with Crippen LogP contribution in [0.4, 0.5) is 0 Å². The zero-order valence-electron chi connectivity index (χ0n) is 14.4. The SMILES string of the molecule is O=C(c1ccc2nccnc2c1)N1CCO[C@]2(CCc3ccccc32)C1. The Kier molecular flexibility index (Phi) is 3.50. The predicted molar refractivity (Wildman–Crippen MR) is 97.8 cm³/mol. The Balaban J connectivity index is 1.45. The van der Waals surface area contributed by atoms with Crippen molar-refractivity contribution in [1.82, 2.24) is 14.9 Å². The van der Waals surface area contributed by atoms with Crippen LogP contribution >= 0.6 is 0 Å². The summed E-state index contributed by atoms with van der Waals surface area (Å²) in [6.45, 7) is 1.77. The summed E-state index contributed by atoms with van der Waals surface area (Å²) in [4.78, 5) is 23.6. The number of benzene rings is 2. The summed E-state index contributed by atoms with van der Waals surface area (Å²) in [7, 11) is 0. The number of amides is 1. The van der Waals surface area contributed by atoms with E-state index < -0.39 is 0 Å². The number of rotatable bonds is 1. The third-order valence-corrected chi connectivity index (χ3v) is 5.50. The topological polar surface area (TPSA) is 55.3 Å². The molecule has 1 fully saturated rings. The van der Waals surface area contributed by atoms with Gasteiger partial charge in [0.1, 0.15) is 5.60 Å². The van der Waals surface area contributed by atoms with E-state index in [-0.39, 0.29) is 11.5 Å². The summed E-state index contributed by atoms with van der Waals surface area (Å²) in [6.07, 6.45) is 5.24. The first-order valence-corrected chi connectivity index (χ1v) is 8.98. The number of hydrogen-bond acceptors (Lipinski definition) is 4. The number of hydrogen-bond donors (Lipinski definition) is 0. The number of morpholine rings is 1. The highest BCUT2D eigenvalue weighted by Gasteiger charge is 2.44. The van der Waals surface area contributed by atoms with Crippen LogP contribution in [0.3, 0.4) is 0 Å². The molecule has 2 heterocycles. The molecule has 0 radical (unpaired) electrons. The smallest absolute Gasteiger partial charge is 0.254 e. The van der Waals surface area contributed by atoms with E-state index in [4.69, 9.17) is 4.74 Å². The fraction of sp³-hybridized carbons (Fsp3) is 0.286.